The zero-order valence-electron chi connectivity index (χ0n) is 16.8. The molecule has 1 aromatic heterocycles. The molecule has 1 atom stereocenters. The van der Waals surface area contributed by atoms with Gasteiger partial charge in [-0.2, -0.15) is 0 Å². The van der Waals surface area contributed by atoms with Gasteiger partial charge in [0.25, 0.3) is 5.69 Å². The van der Waals surface area contributed by atoms with Crippen LogP contribution >= 0.6 is 0 Å². The first-order chi connectivity index (χ1) is 13.6. The second-order valence-electron chi connectivity index (χ2n) is 6.46. The number of H-pyrrole nitrogens is 1. The fourth-order valence-corrected chi connectivity index (χ4v) is 3.03. The Morgan fingerprint density at radius 2 is 1.79 bits per heavy atom. The van der Waals surface area contributed by atoms with Crippen LogP contribution in [0.5, 0.6) is 0 Å². The summed E-state index contributed by atoms with van der Waals surface area (Å²) < 4.78 is 10.2. The van der Waals surface area contributed by atoms with Gasteiger partial charge in [0.2, 0.25) is 5.78 Å². The van der Waals surface area contributed by atoms with E-state index in [1.54, 1.807) is 20.8 Å². The molecule has 9 nitrogen and oxygen atoms in total. The number of hydrogen-bond acceptors (Lipinski definition) is 7. The zero-order chi connectivity index (χ0) is 21.9. The minimum Gasteiger partial charge on any atom is -0.462 e. The van der Waals surface area contributed by atoms with E-state index in [2.05, 4.69) is 4.98 Å². The number of carbonyl (C=O) groups excluding carboxylic acids is 3. The molecule has 2 aromatic rings. The highest BCUT2D eigenvalue weighted by atomic mass is 16.6. The first-order valence-electron chi connectivity index (χ1n) is 8.95. The molecule has 0 aliphatic heterocycles. The van der Waals surface area contributed by atoms with E-state index >= 15 is 0 Å². The van der Waals surface area contributed by atoms with Crippen LogP contribution in [0.25, 0.3) is 0 Å². The Bertz CT molecular complexity index is 991. The third-order valence-corrected chi connectivity index (χ3v) is 4.54. The number of hydrogen-bond donors (Lipinski definition) is 1. The van der Waals surface area contributed by atoms with Crippen molar-refractivity contribution in [2.75, 3.05) is 6.61 Å². The number of carbonyl (C=O) groups is 3. The van der Waals surface area contributed by atoms with Gasteiger partial charge in [-0.05, 0) is 46.2 Å². The molecule has 0 saturated heterocycles. The molecule has 154 valence electrons. The fraction of sp³-hybridized carbons (Fsp3) is 0.350. The highest BCUT2D eigenvalue weighted by Gasteiger charge is 2.28. The number of aromatic amines is 1. The van der Waals surface area contributed by atoms with Crippen molar-refractivity contribution in [2.24, 2.45) is 0 Å². The van der Waals surface area contributed by atoms with Gasteiger partial charge in [0.15, 0.2) is 6.10 Å². The molecule has 0 radical (unpaired) electrons. The molecule has 2 rings (SSSR count). The van der Waals surface area contributed by atoms with Gasteiger partial charge in [0.1, 0.15) is 0 Å². The standard InChI is InChI=1S/C20H22N2O7/c1-6-28-20(25)16-11(3)17(21-12(16)4)18(23)13(5)29-19(24)14-8-7-9-15(10(14)2)22(26)27/h7-9,13,21H,6H2,1-5H3/t13-/m0/s1. The largest absolute Gasteiger partial charge is 0.462 e. The number of benzene rings is 1. The Labute approximate surface area is 167 Å². The van der Waals surface area contributed by atoms with Crippen molar-refractivity contribution in [3.63, 3.8) is 0 Å². The summed E-state index contributed by atoms with van der Waals surface area (Å²) in [7, 11) is 0. The Balaban J connectivity index is 2.25. The van der Waals surface area contributed by atoms with Gasteiger partial charge in [0, 0.05) is 17.3 Å². The predicted octanol–water partition coefficient (Wildman–Crippen LogP) is 3.45. The molecule has 1 aromatic carbocycles. The van der Waals surface area contributed by atoms with Gasteiger partial charge < -0.3 is 14.5 Å². The summed E-state index contributed by atoms with van der Waals surface area (Å²) in [5.41, 5.74) is 1.22. The summed E-state index contributed by atoms with van der Waals surface area (Å²) in [6.07, 6.45) is -1.17. The lowest BCUT2D eigenvalue weighted by Crippen LogP contribution is -2.25. The van der Waals surface area contributed by atoms with Crippen LogP contribution in [0.3, 0.4) is 0 Å². The van der Waals surface area contributed by atoms with Crippen molar-refractivity contribution in [1.82, 2.24) is 4.98 Å². The number of ketones is 1. The summed E-state index contributed by atoms with van der Waals surface area (Å²) >= 11 is 0. The molecule has 1 N–H and O–H groups in total. The molecular weight excluding hydrogens is 380 g/mol. The van der Waals surface area contributed by atoms with Gasteiger partial charge in [-0.1, -0.05) is 6.07 Å². The lowest BCUT2D eigenvalue weighted by molar-refractivity contribution is -0.385. The molecule has 1 heterocycles. The third-order valence-electron chi connectivity index (χ3n) is 4.54. The molecular formula is C20H22N2O7. The second kappa shape index (κ2) is 8.68. The maximum absolute atomic E-state index is 12.8. The molecule has 0 unspecified atom stereocenters. The van der Waals surface area contributed by atoms with Crippen molar-refractivity contribution in [2.45, 2.75) is 40.7 Å². The zero-order valence-corrected chi connectivity index (χ0v) is 16.8. The maximum Gasteiger partial charge on any atom is 0.340 e. The molecule has 0 aliphatic carbocycles. The van der Waals surface area contributed by atoms with Crippen LogP contribution in [0.4, 0.5) is 5.69 Å². The Morgan fingerprint density at radius 1 is 1.14 bits per heavy atom. The van der Waals surface area contributed by atoms with E-state index in [9.17, 15) is 24.5 Å². The van der Waals surface area contributed by atoms with Gasteiger partial charge in [-0.3, -0.25) is 14.9 Å². The average Bonchev–Trinajstić information content (AvgIpc) is 2.95. The number of aryl methyl sites for hydroxylation is 1. The molecule has 29 heavy (non-hydrogen) atoms. The number of rotatable bonds is 7. The van der Waals surface area contributed by atoms with E-state index in [0.29, 0.717) is 11.3 Å². The van der Waals surface area contributed by atoms with E-state index in [4.69, 9.17) is 9.47 Å². The van der Waals surface area contributed by atoms with E-state index in [1.165, 1.54) is 32.0 Å². The Kier molecular flexibility index (Phi) is 6.53. The van der Waals surface area contributed by atoms with Crippen molar-refractivity contribution in [3.05, 3.63) is 62.0 Å². The summed E-state index contributed by atoms with van der Waals surface area (Å²) in [5, 5.41) is 11.0. The van der Waals surface area contributed by atoms with Crippen LogP contribution in [0.2, 0.25) is 0 Å². The van der Waals surface area contributed by atoms with Crippen LogP contribution in [0.1, 0.15) is 61.9 Å². The molecule has 0 bridgehead atoms. The minimum absolute atomic E-state index is 0.00505. The number of nitro groups is 1. The highest BCUT2D eigenvalue weighted by Crippen LogP contribution is 2.24. The monoisotopic (exact) mass is 402 g/mol. The number of Topliss-reactive ketones (excluding diaryl/α,β-unsaturated/α-hetero) is 1. The first-order valence-corrected chi connectivity index (χ1v) is 8.95. The van der Waals surface area contributed by atoms with Crippen molar-refractivity contribution < 1.29 is 28.8 Å². The molecule has 0 fully saturated rings. The van der Waals surface area contributed by atoms with Crippen molar-refractivity contribution in [3.8, 4) is 0 Å². The Hall–Kier alpha value is -3.49. The number of nitrogens with zero attached hydrogens (tertiary/aromatic N) is 1. The summed E-state index contributed by atoms with van der Waals surface area (Å²) in [5.74, 6) is -1.93. The van der Waals surface area contributed by atoms with Crippen molar-refractivity contribution >= 4 is 23.4 Å². The van der Waals surface area contributed by atoms with Gasteiger partial charge >= 0.3 is 11.9 Å². The highest BCUT2D eigenvalue weighted by molar-refractivity contribution is 6.04. The number of nitrogens with one attached hydrogen (secondary N) is 1. The topological polar surface area (TPSA) is 129 Å². The van der Waals surface area contributed by atoms with Gasteiger partial charge in [-0.15, -0.1) is 0 Å². The summed E-state index contributed by atoms with van der Waals surface area (Å²) in [6, 6.07) is 4.05. The van der Waals surface area contributed by atoms with Crippen LogP contribution < -0.4 is 0 Å². The molecule has 0 spiro atoms. The van der Waals surface area contributed by atoms with E-state index in [1.807, 2.05) is 0 Å². The van der Waals surface area contributed by atoms with E-state index in [-0.39, 0.29) is 34.7 Å². The van der Waals surface area contributed by atoms with Crippen molar-refractivity contribution in [1.29, 1.82) is 0 Å². The average molecular weight is 402 g/mol. The number of aromatic nitrogens is 1. The summed E-state index contributed by atoms with van der Waals surface area (Å²) in [4.78, 5) is 50.6. The number of ether oxygens (including phenoxy) is 2. The smallest absolute Gasteiger partial charge is 0.340 e. The first kappa shape index (κ1) is 21.8. The number of nitro benzene ring substituents is 1. The maximum atomic E-state index is 12.8. The molecule has 9 heteroatoms. The van der Waals surface area contributed by atoms with Crippen LogP contribution in [0, 0.1) is 30.9 Å². The lowest BCUT2D eigenvalue weighted by Gasteiger charge is -2.13. The van der Waals surface area contributed by atoms with Crippen LogP contribution in [-0.4, -0.2) is 40.3 Å². The molecule has 0 amide bonds. The fourth-order valence-electron chi connectivity index (χ4n) is 3.03. The Morgan fingerprint density at radius 3 is 2.38 bits per heavy atom. The summed E-state index contributed by atoms with van der Waals surface area (Å²) in [6.45, 7) is 7.95. The number of esters is 2. The van der Waals surface area contributed by atoms with Gasteiger partial charge in [-0.25, -0.2) is 9.59 Å². The normalized spacial score (nSPS) is 11.6. The van der Waals surface area contributed by atoms with Crippen LogP contribution in [0.15, 0.2) is 18.2 Å². The third kappa shape index (κ3) is 4.34. The van der Waals surface area contributed by atoms with E-state index < -0.39 is 28.7 Å². The SMILES string of the molecule is CCOC(=O)c1c(C)[nH]c(C(=O)[C@H](C)OC(=O)c2cccc([N+](=O)[O-])c2C)c1C. The molecule has 0 aliphatic rings. The predicted molar refractivity (Wildman–Crippen MR) is 103 cm³/mol. The quantitative estimate of drug-likeness (QED) is 0.325. The lowest BCUT2D eigenvalue weighted by atomic mass is 10.1. The van der Waals surface area contributed by atoms with E-state index in [0.717, 1.165) is 0 Å². The van der Waals surface area contributed by atoms with Crippen LogP contribution in [-0.2, 0) is 9.47 Å². The molecule has 0 saturated carbocycles. The minimum atomic E-state index is -1.17. The second-order valence-corrected chi connectivity index (χ2v) is 6.46. The van der Waals surface area contributed by atoms with Gasteiger partial charge in [0.05, 0.1) is 28.4 Å².